The predicted molar refractivity (Wildman–Crippen MR) is 68.9 cm³/mol. The lowest BCUT2D eigenvalue weighted by atomic mass is 9.94. The molecule has 0 aliphatic carbocycles. The molecule has 0 bridgehead atoms. The third kappa shape index (κ3) is 3.68. The SMILES string of the molecule is CCN1CCCC(CC(=O)N2CCNCC2)C1. The van der Waals surface area contributed by atoms with Gasteiger partial charge in [0.25, 0.3) is 0 Å². The number of carbonyl (C=O) groups is 1. The minimum absolute atomic E-state index is 0.370. The lowest BCUT2D eigenvalue weighted by molar-refractivity contribution is -0.133. The van der Waals surface area contributed by atoms with Crippen LogP contribution in [-0.4, -0.2) is 61.5 Å². The first-order valence-electron chi connectivity index (χ1n) is 7.00. The molecule has 1 amide bonds. The number of piperidine rings is 1. The van der Waals surface area contributed by atoms with Crippen LogP contribution in [0.4, 0.5) is 0 Å². The van der Waals surface area contributed by atoms with E-state index in [-0.39, 0.29) is 0 Å². The molecule has 0 spiro atoms. The second-order valence-corrected chi connectivity index (χ2v) is 5.24. The number of hydrogen-bond acceptors (Lipinski definition) is 3. The Kier molecular flexibility index (Phi) is 4.80. The Labute approximate surface area is 104 Å². The minimum atomic E-state index is 0.370. The fraction of sp³-hybridized carbons (Fsp3) is 0.923. The number of nitrogens with one attached hydrogen (secondary N) is 1. The molecule has 0 aromatic heterocycles. The van der Waals surface area contributed by atoms with E-state index in [1.165, 1.54) is 19.4 Å². The zero-order chi connectivity index (χ0) is 12.1. The number of likely N-dealkylation sites (tertiary alicyclic amines) is 1. The Morgan fingerprint density at radius 2 is 2.06 bits per heavy atom. The third-order valence-corrected chi connectivity index (χ3v) is 3.98. The van der Waals surface area contributed by atoms with Crippen LogP contribution >= 0.6 is 0 Å². The number of piperazine rings is 1. The predicted octanol–water partition coefficient (Wildman–Crippen LogP) is 0.540. The van der Waals surface area contributed by atoms with E-state index in [9.17, 15) is 4.79 Å². The molecule has 0 aromatic rings. The molecule has 2 aliphatic heterocycles. The van der Waals surface area contributed by atoms with Gasteiger partial charge in [-0.25, -0.2) is 0 Å². The Balaban J connectivity index is 1.77. The average Bonchev–Trinajstić information content (AvgIpc) is 2.40. The summed E-state index contributed by atoms with van der Waals surface area (Å²) in [6.07, 6.45) is 3.25. The van der Waals surface area contributed by atoms with E-state index < -0.39 is 0 Å². The zero-order valence-electron chi connectivity index (χ0n) is 11.0. The number of nitrogens with zero attached hydrogens (tertiary/aromatic N) is 2. The maximum Gasteiger partial charge on any atom is 0.222 e. The van der Waals surface area contributed by atoms with Gasteiger partial charge in [0.15, 0.2) is 0 Å². The highest BCUT2D eigenvalue weighted by molar-refractivity contribution is 5.76. The Morgan fingerprint density at radius 3 is 2.76 bits per heavy atom. The molecule has 0 radical (unpaired) electrons. The molecule has 4 heteroatoms. The van der Waals surface area contributed by atoms with Gasteiger partial charge in [-0.1, -0.05) is 6.92 Å². The first kappa shape index (κ1) is 12.8. The van der Waals surface area contributed by atoms with Crippen LogP contribution in [0.3, 0.4) is 0 Å². The van der Waals surface area contributed by atoms with Crippen LogP contribution in [0.15, 0.2) is 0 Å². The van der Waals surface area contributed by atoms with Gasteiger partial charge in [-0.05, 0) is 31.8 Å². The van der Waals surface area contributed by atoms with E-state index >= 15 is 0 Å². The summed E-state index contributed by atoms with van der Waals surface area (Å²) in [7, 11) is 0. The van der Waals surface area contributed by atoms with Crippen molar-refractivity contribution in [3.63, 3.8) is 0 Å². The van der Waals surface area contributed by atoms with Crippen molar-refractivity contribution in [1.29, 1.82) is 0 Å². The van der Waals surface area contributed by atoms with Crippen molar-refractivity contribution in [2.75, 3.05) is 45.8 Å². The molecular formula is C13H25N3O. The summed E-state index contributed by atoms with van der Waals surface area (Å²) in [6, 6.07) is 0. The van der Waals surface area contributed by atoms with Gasteiger partial charge in [-0.3, -0.25) is 4.79 Å². The van der Waals surface area contributed by atoms with E-state index in [1.807, 2.05) is 4.90 Å². The molecule has 2 saturated heterocycles. The molecule has 1 atom stereocenters. The summed E-state index contributed by atoms with van der Waals surface area (Å²) < 4.78 is 0. The molecule has 2 aliphatic rings. The number of rotatable bonds is 3. The number of amides is 1. The maximum atomic E-state index is 12.1. The first-order chi connectivity index (χ1) is 8.29. The number of hydrogen-bond donors (Lipinski definition) is 1. The van der Waals surface area contributed by atoms with Gasteiger partial charge in [0.05, 0.1) is 0 Å². The van der Waals surface area contributed by atoms with Crippen LogP contribution < -0.4 is 5.32 Å². The van der Waals surface area contributed by atoms with E-state index in [4.69, 9.17) is 0 Å². The second-order valence-electron chi connectivity index (χ2n) is 5.24. The summed E-state index contributed by atoms with van der Waals surface area (Å²) in [6.45, 7) is 9.36. The average molecular weight is 239 g/mol. The summed E-state index contributed by atoms with van der Waals surface area (Å²) in [5, 5.41) is 3.29. The van der Waals surface area contributed by atoms with E-state index in [2.05, 4.69) is 17.1 Å². The van der Waals surface area contributed by atoms with Crippen LogP contribution in [0.1, 0.15) is 26.2 Å². The normalized spacial score (nSPS) is 27.1. The van der Waals surface area contributed by atoms with Gasteiger partial charge in [-0.2, -0.15) is 0 Å². The van der Waals surface area contributed by atoms with Crippen molar-refractivity contribution >= 4 is 5.91 Å². The van der Waals surface area contributed by atoms with Gasteiger partial charge in [-0.15, -0.1) is 0 Å². The summed E-state index contributed by atoms with van der Waals surface area (Å²) in [4.78, 5) is 16.6. The molecule has 1 N–H and O–H groups in total. The minimum Gasteiger partial charge on any atom is -0.340 e. The molecule has 0 saturated carbocycles. The molecule has 1 unspecified atom stereocenters. The summed E-state index contributed by atoms with van der Waals surface area (Å²) in [5.41, 5.74) is 0. The van der Waals surface area contributed by atoms with Crippen molar-refractivity contribution < 1.29 is 4.79 Å². The molecule has 2 heterocycles. The summed E-state index contributed by atoms with van der Waals surface area (Å²) >= 11 is 0. The molecule has 2 fully saturated rings. The second kappa shape index (κ2) is 6.36. The van der Waals surface area contributed by atoms with Crippen LogP contribution in [0.2, 0.25) is 0 Å². The maximum absolute atomic E-state index is 12.1. The highest BCUT2D eigenvalue weighted by Gasteiger charge is 2.24. The Hall–Kier alpha value is -0.610. The van der Waals surface area contributed by atoms with Gasteiger partial charge in [0.1, 0.15) is 0 Å². The fourth-order valence-corrected chi connectivity index (χ4v) is 2.90. The Bertz CT molecular complexity index is 251. The molecule has 0 aromatic carbocycles. The van der Waals surface area contributed by atoms with E-state index in [0.717, 1.165) is 45.7 Å². The standard InChI is InChI=1S/C13H25N3O/c1-2-15-7-3-4-12(11-15)10-13(17)16-8-5-14-6-9-16/h12,14H,2-11H2,1H3. The summed E-state index contributed by atoms with van der Waals surface area (Å²) in [5.74, 6) is 0.959. The first-order valence-corrected chi connectivity index (χ1v) is 7.00. The van der Waals surface area contributed by atoms with Gasteiger partial charge < -0.3 is 15.1 Å². The van der Waals surface area contributed by atoms with Crippen LogP contribution in [-0.2, 0) is 4.79 Å². The highest BCUT2D eigenvalue weighted by Crippen LogP contribution is 2.20. The smallest absolute Gasteiger partial charge is 0.222 e. The largest absolute Gasteiger partial charge is 0.340 e. The van der Waals surface area contributed by atoms with Crippen LogP contribution in [0.5, 0.6) is 0 Å². The van der Waals surface area contributed by atoms with E-state index in [0.29, 0.717) is 11.8 Å². The van der Waals surface area contributed by atoms with Crippen molar-refractivity contribution in [3.8, 4) is 0 Å². The quantitative estimate of drug-likeness (QED) is 0.781. The molecule has 4 nitrogen and oxygen atoms in total. The topological polar surface area (TPSA) is 35.6 Å². The monoisotopic (exact) mass is 239 g/mol. The van der Waals surface area contributed by atoms with Crippen molar-refractivity contribution in [2.24, 2.45) is 5.92 Å². The zero-order valence-corrected chi connectivity index (χ0v) is 11.0. The van der Waals surface area contributed by atoms with Gasteiger partial charge in [0.2, 0.25) is 5.91 Å². The lowest BCUT2D eigenvalue weighted by Crippen LogP contribution is -2.47. The Morgan fingerprint density at radius 1 is 1.29 bits per heavy atom. The number of carbonyl (C=O) groups excluding carboxylic acids is 1. The third-order valence-electron chi connectivity index (χ3n) is 3.98. The molecule has 2 rings (SSSR count). The molecule has 98 valence electrons. The van der Waals surface area contributed by atoms with E-state index in [1.54, 1.807) is 0 Å². The lowest BCUT2D eigenvalue weighted by Gasteiger charge is -2.34. The van der Waals surface area contributed by atoms with Crippen molar-refractivity contribution in [1.82, 2.24) is 15.1 Å². The van der Waals surface area contributed by atoms with Crippen LogP contribution in [0.25, 0.3) is 0 Å². The van der Waals surface area contributed by atoms with Gasteiger partial charge >= 0.3 is 0 Å². The van der Waals surface area contributed by atoms with Crippen molar-refractivity contribution in [3.05, 3.63) is 0 Å². The van der Waals surface area contributed by atoms with Gasteiger partial charge in [0, 0.05) is 39.1 Å². The fourth-order valence-electron chi connectivity index (χ4n) is 2.90. The molecule has 17 heavy (non-hydrogen) atoms. The highest BCUT2D eigenvalue weighted by atomic mass is 16.2. The van der Waals surface area contributed by atoms with Crippen molar-refractivity contribution in [2.45, 2.75) is 26.2 Å². The molecular weight excluding hydrogens is 214 g/mol. The van der Waals surface area contributed by atoms with Crippen LogP contribution in [0, 0.1) is 5.92 Å².